The quantitative estimate of drug-likeness (QED) is 0.880. The van der Waals surface area contributed by atoms with Crippen LogP contribution in [-0.2, 0) is 13.6 Å². The first-order valence-corrected chi connectivity index (χ1v) is 6.67. The standard InChI is InChI=1S/C13H15BrN4O/c1-8-11(9(2)18(3)17-8)7-16-13(19)10-4-5-15-12(14)6-10/h4-6H,7H2,1-3H3,(H,16,19). The maximum absolute atomic E-state index is 12.0. The van der Waals surface area contributed by atoms with Crippen molar-refractivity contribution in [1.29, 1.82) is 0 Å². The summed E-state index contributed by atoms with van der Waals surface area (Å²) in [5, 5.41) is 7.22. The molecule has 0 saturated carbocycles. The molecule has 2 rings (SSSR count). The lowest BCUT2D eigenvalue weighted by Gasteiger charge is -2.06. The summed E-state index contributed by atoms with van der Waals surface area (Å²) in [6.45, 7) is 4.41. The van der Waals surface area contributed by atoms with Gasteiger partial charge >= 0.3 is 0 Å². The Bertz CT molecular complexity index is 621. The summed E-state index contributed by atoms with van der Waals surface area (Å²) in [5.74, 6) is -0.120. The average Bonchev–Trinajstić information content (AvgIpc) is 2.61. The number of hydrogen-bond donors (Lipinski definition) is 1. The average molecular weight is 323 g/mol. The van der Waals surface area contributed by atoms with E-state index in [9.17, 15) is 4.79 Å². The second-order valence-corrected chi connectivity index (χ2v) is 5.14. The molecule has 0 aliphatic carbocycles. The molecular weight excluding hydrogens is 308 g/mol. The predicted molar refractivity (Wildman–Crippen MR) is 75.8 cm³/mol. The Hall–Kier alpha value is -1.69. The highest BCUT2D eigenvalue weighted by atomic mass is 79.9. The van der Waals surface area contributed by atoms with Gasteiger partial charge in [0.1, 0.15) is 4.60 Å². The summed E-state index contributed by atoms with van der Waals surface area (Å²) in [4.78, 5) is 16.0. The minimum Gasteiger partial charge on any atom is -0.348 e. The van der Waals surface area contributed by atoms with Crippen LogP contribution in [0.4, 0.5) is 0 Å². The topological polar surface area (TPSA) is 59.8 Å². The maximum Gasteiger partial charge on any atom is 0.251 e. The van der Waals surface area contributed by atoms with E-state index in [1.165, 1.54) is 0 Å². The molecule has 0 atom stereocenters. The molecule has 2 aromatic rings. The molecule has 0 unspecified atom stereocenters. The normalized spacial score (nSPS) is 10.5. The van der Waals surface area contributed by atoms with Crippen LogP contribution in [0, 0.1) is 13.8 Å². The van der Waals surface area contributed by atoms with Crippen LogP contribution in [0.1, 0.15) is 27.3 Å². The molecule has 6 heteroatoms. The van der Waals surface area contributed by atoms with Gasteiger partial charge in [-0.3, -0.25) is 9.48 Å². The van der Waals surface area contributed by atoms with Crippen molar-refractivity contribution in [2.75, 3.05) is 0 Å². The van der Waals surface area contributed by atoms with Crippen molar-refractivity contribution in [3.8, 4) is 0 Å². The first kappa shape index (κ1) is 13.7. The molecule has 1 amide bonds. The van der Waals surface area contributed by atoms with E-state index in [4.69, 9.17) is 0 Å². The number of halogens is 1. The van der Waals surface area contributed by atoms with Crippen LogP contribution < -0.4 is 5.32 Å². The number of aromatic nitrogens is 3. The van der Waals surface area contributed by atoms with Crippen LogP contribution in [0.2, 0.25) is 0 Å². The summed E-state index contributed by atoms with van der Waals surface area (Å²) in [6.07, 6.45) is 1.60. The number of carbonyl (C=O) groups is 1. The van der Waals surface area contributed by atoms with Crippen molar-refractivity contribution in [2.45, 2.75) is 20.4 Å². The number of nitrogens with one attached hydrogen (secondary N) is 1. The van der Waals surface area contributed by atoms with Crippen molar-refractivity contribution in [1.82, 2.24) is 20.1 Å². The van der Waals surface area contributed by atoms with Crippen molar-refractivity contribution in [2.24, 2.45) is 7.05 Å². The molecule has 100 valence electrons. The third-order valence-electron chi connectivity index (χ3n) is 3.07. The van der Waals surface area contributed by atoms with Gasteiger partial charge in [0.25, 0.3) is 5.91 Å². The Morgan fingerprint density at radius 1 is 1.47 bits per heavy atom. The zero-order valence-electron chi connectivity index (χ0n) is 11.1. The van der Waals surface area contributed by atoms with Crippen LogP contribution in [0.15, 0.2) is 22.9 Å². The molecule has 2 aromatic heterocycles. The highest BCUT2D eigenvalue weighted by Crippen LogP contribution is 2.12. The molecule has 0 saturated heterocycles. The molecule has 0 fully saturated rings. The minimum absolute atomic E-state index is 0.120. The van der Waals surface area contributed by atoms with Crippen LogP contribution in [-0.4, -0.2) is 20.7 Å². The lowest BCUT2D eigenvalue weighted by Crippen LogP contribution is -2.23. The molecular formula is C13H15BrN4O. The Morgan fingerprint density at radius 3 is 2.79 bits per heavy atom. The van der Waals surface area contributed by atoms with E-state index in [0.29, 0.717) is 16.7 Å². The van der Waals surface area contributed by atoms with Gasteiger partial charge in [0.05, 0.1) is 5.69 Å². The van der Waals surface area contributed by atoms with Gasteiger partial charge in [-0.05, 0) is 41.9 Å². The number of pyridine rings is 1. The van der Waals surface area contributed by atoms with E-state index in [1.807, 2.05) is 25.6 Å². The first-order chi connectivity index (χ1) is 8.99. The van der Waals surface area contributed by atoms with Gasteiger partial charge in [0.2, 0.25) is 0 Å². The number of carbonyl (C=O) groups excluding carboxylic acids is 1. The van der Waals surface area contributed by atoms with E-state index >= 15 is 0 Å². The fraction of sp³-hybridized carbons (Fsp3) is 0.308. The summed E-state index contributed by atoms with van der Waals surface area (Å²) < 4.78 is 2.47. The maximum atomic E-state index is 12.0. The van der Waals surface area contributed by atoms with Crippen molar-refractivity contribution in [3.63, 3.8) is 0 Å². The lowest BCUT2D eigenvalue weighted by molar-refractivity contribution is 0.0950. The highest BCUT2D eigenvalue weighted by molar-refractivity contribution is 9.10. The van der Waals surface area contributed by atoms with Gasteiger partial charge in [-0.2, -0.15) is 5.10 Å². The largest absolute Gasteiger partial charge is 0.348 e. The van der Waals surface area contributed by atoms with Gasteiger partial charge in [0, 0.05) is 36.6 Å². The van der Waals surface area contributed by atoms with Gasteiger partial charge in [-0.15, -0.1) is 0 Å². The van der Waals surface area contributed by atoms with Crippen LogP contribution in [0.5, 0.6) is 0 Å². The molecule has 1 N–H and O–H groups in total. The van der Waals surface area contributed by atoms with Gasteiger partial charge in [0.15, 0.2) is 0 Å². The molecule has 0 spiro atoms. The van der Waals surface area contributed by atoms with Gasteiger partial charge in [-0.1, -0.05) is 0 Å². The van der Waals surface area contributed by atoms with Crippen LogP contribution in [0.3, 0.4) is 0 Å². The van der Waals surface area contributed by atoms with E-state index in [2.05, 4.69) is 31.3 Å². The van der Waals surface area contributed by atoms with E-state index in [1.54, 1.807) is 18.3 Å². The number of hydrogen-bond acceptors (Lipinski definition) is 3. The van der Waals surface area contributed by atoms with Crippen LogP contribution >= 0.6 is 15.9 Å². The summed E-state index contributed by atoms with van der Waals surface area (Å²) in [7, 11) is 1.90. The zero-order valence-corrected chi connectivity index (χ0v) is 12.7. The molecule has 5 nitrogen and oxygen atoms in total. The van der Waals surface area contributed by atoms with E-state index in [0.717, 1.165) is 17.0 Å². The second-order valence-electron chi connectivity index (χ2n) is 4.32. The Morgan fingerprint density at radius 2 is 2.21 bits per heavy atom. The number of amides is 1. The number of nitrogens with zero attached hydrogens (tertiary/aromatic N) is 3. The third kappa shape index (κ3) is 3.01. The van der Waals surface area contributed by atoms with E-state index in [-0.39, 0.29) is 5.91 Å². The molecule has 2 heterocycles. The molecule has 0 aliphatic rings. The van der Waals surface area contributed by atoms with Crippen molar-refractivity contribution >= 4 is 21.8 Å². The predicted octanol–water partition coefficient (Wildman–Crippen LogP) is 2.12. The second kappa shape index (κ2) is 5.52. The van der Waals surface area contributed by atoms with E-state index < -0.39 is 0 Å². The van der Waals surface area contributed by atoms with Crippen molar-refractivity contribution in [3.05, 3.63) is 45.4 Å². The Labute approximate surface area is 120 Å². The summed E-state index contributed by atoms with van der Waals surface area (Å²) >= 11 is 3.25. The Kier molecular flexibility index (Phi) is 3.99. The first-order valence-electron chi connectivity index (χ1n) is 5.88. The monoisotopic (exact) mass is 322 g/mol. The SMILES string of the molecule is Cc1nn(C)c(C)c1CNC(=O)c1ccnc(Br)c1. The lowest BCUT2D eigenvalue weighted by atomic mass is 10.2. The number of rotatable bonds is 3. The molecule has 0 bridgehead atoms. The van der Waals surface area contributed by atoms with Gasteiger partial charge in [-0.25, -0.2) is 4.98 Å². The smallest absolute Gasteiger partial charge is 0.251 e. The molecule has 0 aromatic carbocycles. The fourth-order valence-corrected chi connectivity index (χ4v) is 2.25. The highest BCUT2D eigenvalue weighted by Gasteiger charge is 2.11. The fourth-order valence-electron chi connectivity index (χ4n) is 1.89. The molecule has 0 aliphatic heterocycles. The zero-order chi connectivity index (χ0) is 14.0. The Balaban J connectivity index is 2.09. The summed E-state index contributed by atoms with van der Waals surface area (Å²) in [6, 6.07) is 3.38. The van der Waals surface area contributed by atoms with Crippen molar-refractivity contribution < 1.29 is 4.79 Å². The summed E-state index contributed by atoms with van der Waals surface area (Å²) in [5.41, 5.74) is 3.65. The number of aryl methyl sites for hydroxylation is 2. The van der Waals surface area contributed by atoms with Gasteiger partial charge < -0.3 is 5.32 Å². The third-order valence-corrected chi connectivity index (χ3v) is 3.51. The minimum atomic E-state index is -0.120. The van der Waals surface area contributed by atoms with Crippen LogP contribution in [0.25, 0.3) is 0 Å². The molecule has 0 radical (unpaired) electrons. The molecule has 19 heavy (non-hydrogen) atoms.